The van der Waals surface area contributed by atoms with Crippen LogP contribution >= 0.6 is 11.6 Å². The molecule has 0 unspecified atom stereocenters. The lowest BCUT2D eigenvalue weighted by atomic mass is 10.1. The standard InChI is InChI=1S/C20H21ClN4O4/c1-6-13(24-19(22)20(4,5)29)14-8-15(10(2)9-23-14)25-11(3)7-12(18(27)28)16(21)17(25)26/h6-9,22,29H,1H2,2-5H3,(H,27,28). The smallest absolute Gasteiger partial charge is 0.337 e. The minimum atomic E-state index is -1.45. The van der Waals surface area contributed by atoms with Crippen LogP contribution in [-0.2, 0) is 0 Å². The molecule has 0 spiro atoms. The number of carboxylic acid groups (broad SMARTS) is 1. The Morgan fingerprint density at radius 1 is 1.38 bits per heavy atom. The summed E-state index contributed by atoms with van der Waals surface area (Å²) in [5, 5.41) is 26.7. The molecule has 8 nitrogen and oxygen atoms in total. The number of rotatable bonds is 5. The molecule has 0 aromatic carbocycles. The molecule has 0 saturated heterocycles. The lowest BCUT2D eigenvalue weighted by molar-refractivity contribution is 0.0696. The first kappa shape index (κ1) is 22.2. The van der Waals surface area contributed by atoms with Crippen LogP contribution in [0.25, 0.3) is 5.69 Å². The second kappa shape index (κ2) is 8.10. The summed E-state index contributed by atoms with van der Waals surface area (Å²) in [5.74, 6) is -1.57. The van der Waals surface area contributed by atoms with Crippen LogP contribution in [0.2, 0.25) is 5.02 Å². The highest BCUT2D eigenvalue weighted by atomic mass is 35.5. The van der Waals surface area contributed by atoms with E-state index in [0.29, 0.717) is 22.6 Å². The molecule has 0 fully saturated rings. The number of aliphatic hydroxyl groups is 1. The first-order chi connectivity index (χ1) is 13.4. The quantitative estimate of drug-likeness (QED) is 0.509. The second-order valence-electron chi connectivity index (χ2n) is 6.92. The molecule has 2 aromatic heterocycles. The van der Waals surface area contributed by atoms with E-state index in [1.165, 1.54) is 36.8 Å². The van der Waals surface area contributed by atoms with Crippen LogP contribution in [-0.4, -0.2) is 42.9 Å². The lowest BCUT2D eigenvalue weighted by Gasteiger charge is -2.17. The molecule has 9 heteroatoms. The molecule has 3 N–H and O–H groups in total. The van der Waals surface area contributed by atoms with Crippen LogP contribution in [0.5, 0.6) is 0 Å². The minimum absolute atomic E-state index is 0.234. The van der Waals surface area contributed by atoms with E-state index in [1.54, 1.807) is 19.9 Å². The lowest BCUT2D eigenvalue weighted by Crippen LogP contribution is -2.29. The normalized spacial score (nSPS) is 12.0. The van der Waals surface area contributed by atoms with Gasteiger partial charge in [-0.05, 0) is 51.5 Å². The van der Waals surface area contributed by atoms with Crippen molar-refractivity contribution < 1.29 is 15.0 Å². The van der Waals surface area contributed by atoms with E-state index < -0.39 is 22.2 Å². The summed E-state index contributed by atoms with van der Waals surface area (Å²) in [6, 6.07) is 2.89. The predicted octanol–water partition coefficient (Wildman–Crippen LogP) is 2.92. The maximum Gasteiger partial charge on any atom is 0.337 e. The van der Waals surface area contributed by atoms with Crippen LogP contribution < -0.4 is 5.56 Å². The Kier molecular flexibility index (Phi) is 6.20. The van der Waals surface area contributed by atoms with Crippen LogP contribution in [0.3, 0.4) is 0 Å². The number of allylic oxidation sites excluding steroid dienone is 1. The van der Waals surface area contributed by atoms with E-state index in [-0.39, 0.29) is 17.1 Å². The summed E-state index contributed by atoms with van der Waals surface area (Å²) < 4.78 is 1.29. The van der Waals surface area contributed by atoms with Gasteiger partial charge in [0.2, 0.25) is 0 Å². The van der Waals surface area contributed by atoms with Gasteiger partial charge in [0.05, 0.1) is 22.7 Å². The average Bonchev–Trinajstić information content (AvgIpc) is 2.63. The zero-order valence-corrected chi connectivity index (χ0v) is 17.2. The molecule has 0 atom stereocenters. The van der Waals surface area contributed by atoms with Crippen molar-refractivity contribution >= 4 is 29.1 Å². The zero-order valence-electron chi connectivity index (χ0n) is 16.4. The van der Waals surface area contributed by atoms with Crippen LogP contribution in [0.1, 0.15) is 41.2 Å². The van der Waals surface area contributed by atoms with Gasteiger partial charge in [-0.15, -0.1) is 0 Å². The van der Waals surface area contributed by atoms with Crippen molar-refractivity contribution in [1.82, 2.24) is 9.55 Å². The number of aromatic carboxylic acids is 1. The van der Waals surface area contributed by atoms with Crippen molar-refractivity contribution in [3.63, 3.8) is 0 Å². The number of aryl methyl sites for hydroxylation is 2. The van der Waals surface area contributed by atoms with E-state index in [1.807, 2.05) is 0 Å². The fourth-order valence-electron chi connectivity index (χ4n) is 2.52. The number of carbonyl (C=O) groups is 1. The summed E-state index contributed by atoms with van der Waals surface area (Å²) >= 11 is 5.99. The van der Waals surface area contributed by atoms with Gasteiger partial charge in [0, 0.05) is 11.9 Å². The van der Waals surface area contributed by atoms with E-state index >= 15 is 0 Å². The summed E-state index contributed by atoms with van der Waals surface area (Å²) in [5.41, 5.74) is -0.403. The molecule has 2 aromatic rings. The fraction of sp³-hybridized carbons (Fsp3) is 0.250. The topological polar surface area (TPSA) is 129 Å². The second-order valence-corrected chi connectivity index (χ2v) is 7.30. The molecular weight excluding hydrogens is 396 g/mol. The minimum Gasteiger partial charge on any atom is -0.478 e. The number of halogens is 1. The van der Waals surface area contributed by atoms with Gasteiger partial charge in [0.1, 0.15) is 10.6 Å². The molecule has 0 amide bonds. The van der Waals surface area contributed by atoms with Gasteiger partial charge in [-0.2, -0.15) is 0 Å². The van der Waals surface area contributed by atoms with Crippen LogP contribution in [0, 0.1) is 19.3 Å². The number of amidine groups is 1. The third kappa shape index (κ3) is 4.49. The number of aliphatic imine (C=N–C) groups is 1. The molecular formula is C20H21ClN4O4. The Balaban J connectivity index is 2.73. The summed E-state index contributed by atoms with van der Waals surface area (Å²) in [6.07, 6.45) is 2.90. The number of nitrogens with one attached hydrogen (secondary N) is 1. The molecule has 0 radical (unpaired) electrons. The van der Waals surface area contributed by atoms with Gasteiger partial charge in [0.15, 0.2) is 5.84 Å². The number of nitrogens with zero attached hydrogens (tertiary/aromatic N) is 3. The first-order valence-electron chi connectivity index (χ1n) is 8.53. The van der Waals surface area contributed by atoms with E-state index in [2.05, 4.69) is 16.6 Å². The zero-order chi connectivity index (χ0) is 22.1. The number of hydrogen-bond acceptors (Lipinski definition) is 5. The van der Waals surface area contributed by atoms with Crippen LogP contribution in [0.15, 0.2) is 40.8 Å². The van der Waals surface area contributed by atoms with Crippen molar-refractivity contribution in [2.45, 2.75) is 33.3 Å². The van der Waals surface area contributed by atoms with Gasteiger partial charge in [-0.1, -0.05) is 18.2 Å². The highest BCUT2D eigenvalue weighted by Crippen LogP contribution is 2.20. The highest BCUT2D eigenvalue weighted by molar-refractivity contribution is 6.33. The maximum absolute atomic E-state index is 12.8. The largest absolute Gasteiger partial charge is 0.478 e. The third-order valence-corrected chi connectivity index (χ3v) is 4.51. The monoisotopic (exact) mass is 416 g/mol. The summed E-state index contributed by atoms with van der Waals surface area (Å²) in [6.45, 7) is 9.87. The number of hydrogen-bond donors (Lipinski definition) is 3. The predicted molar refractivity (Wildman–Crippen MR) is 112 cm³/mol. The Morgan fingerprint density at radius 2 is 2.00 bits per heavy atom. The van der Waals surface area contributed by atoms with Gasteiger partial charge in [0.25, 0.3) is 5.56 Å². The number of carboxylic acids is 1. The summed E-state index contributed by atoms with van der Waals surface area (Å²) in [7, 11) is 0. The molecule has 0 saturated carbocycles. The molecule has 2 rings (SSSR count). The molecule has 0 aliphatic heterocycles. The van der Waals surface area contributed by atoms with Gasteiger partial charge < -0.3 is 10.2 Å². The Labute approximate surface area is 172 Å². The number of aromatic nitrogens is 2. The van der Waals surface area contributed by atoms with E-state index in [0.717, 1.165) is 0 Å². The number of pyridine rings is 2. The first-order valence-corrected chi connectivity index (χ1v) is 8.91. The fourth-order valence-corrected chi connectivity index (χ4v) is 2.74. The Hall–Kier alpha value is -3.10. The van der Waals surface area contributed by atoms with Gasteiger partial charge in [-0.3, -0.25) is 19.8 Å². The summed E-state index contributed by atoms with van der Waals surface area (Å²) in [4.78, 5) is 32.4. The third-order valence-electron chi connectivity index (χ3n) is 4.15. The Bertz CT molecular complexity index is 1110. The van der Waals surface area contributed by atoms with Crippen molar-refractivity contribution in [1.29, 1.82) is 5.41 Å². The molecule has 0 aliphatic carbocycles. The van der Waals surface area contributed by atoms with Crippen molar-refractivity contribution in [3.8, 4) is 5.69 Å². The maximum atomic E-state index is 12.8. The van der Waals surface area contributed by atoms with Gasteiger partial charge in [-0.25, -0.2) is 9.79 Å². The molecule has 0 aliphatic rings. The van der Waals surface area contributed by atoms with E-state index in [9.17, 15) is 19.8 Å². The average molecular weight is 417 g/mol. The SMILES string of the molecule is C=CC(=NC(=N)C(C)(C)O)c1cc(-n2c(C)cc(C(=O)O)c(Cl)c2=O)c(C)cn1. The van der Waals surface area contributed by atoms with Crippen molar-refractivity contribution in [2.75, 3.05) is 0 Å². The van der Waals surface area contributed by atoms with E-state index in [4.69, 9.17) is 17.0 Å². The van der Waals surface area contributed by atoms with Crippen molar-refractivity contribution in [2.24, 2.45) is 4.99 Å². The van der Waals surface area contributed by atoms with Crippen LogP contribution in [0.4, 0.5) is 0 Å². The van der Waals surface area contributed by atoms with Crippen molar-refractivity contribution in [3.05, 3.63) is 68.9 Å². The van der Waals surface area contributed by atoms with Gasteiger partial charge >= 0.3 is 5.97 Å². The molecule has 29 heavy (non-hydrogen) atoms. The molecule has 152 valence electrons. The molecule has 0 bridgehead atoms. The molecule has 2 heterocycles. The highest BCUT2D eigenvalue weighted by Gasteiger charge is 2.21. The Morgan fingerprint density at radius 3 is 2.52 bits per heavy atom.